The highest BCUT2D eigenvalue weighted by atomic mass is 16.5. The number of nitrogens with zero attached hydrogens (tertiary/aromatic N) is 5. The SMILES string of the molecule is CCOc1ccc2n[nH]c(C3CC(N4CCN(C5CC5)CC4)=NC=N3)c2c1. The van der Waals surface area contributed by atoms with Gasteiger partial charge in [-0.25, -0.2) is 4.99 Å². The topological polar surface area (TPSA) is 69.1 Å². The summed E-state index contributed by atoms with van der Waals surface area (Å²) in [6.45, 7) is 7.08. The molecule has 27 heavy (non-hydrogen) atoms. The van der Waals surface area contributed by atoms with Crippen molar-refractivity contribution in [2.75, 3.05) is 32.8 Å². The van der Waals surface area contributed by atoms with Crippen LogP contribution in [-0.2, 0) is 0 Å². The van der Waals surface area contributed by atoms with Crippen molar-refractivity contribution in [3.8, 4) is 5.75 Å². The quantitative estimate of drug-likeness (QED) is 0.903. The van der Waals surface area contributed by atoms with Crippen LogP contribution in [0.4, 0.5) is 0 Å². The van der Waals surface area contributed by atoms with Crippen LogP contribution in [0.25, 0.3) is 10.9 Å². The second kappa shape index (κ2) is 6.96. The number of aromatic amines is 1. The summed E-state index contributed by atoms with van der Waals surface area (Å²) in [6.07, 6.45) is 5.30. The number of amidine groups is 1. The zero-order chi connectivity index (χ0) is 18.2. The Balaban J connectivity index is 1.32. The molecule has 1 aromatic carbocycles. The summed E-state index contributed by atoms with van der Waals surface area (Å²) in [4.78, 5) is 14.3. The number of hydrogen-bond acceptors (Lipinski definition) is 6. The number of rotatable bonds is 4. The largest absolute Gasteiger partial charge is 0.494 e. The fourth-order valence-corrected chi connectivity index (χ4v) is 4.15. The molecule has 0 amide bonds. The first kappa shape index (κ1) is 16.7. The third kappa shape index (κ3) is 3.32. The van der Waals surface area contributed by atoms with Crippen LogP contribution in [-0.4, -0.2) is 71.0 Å². The average Bonchev–Trinajstić information content (AvgIpc) is 3.48. The van der Waals surface area contributed by atoms with E-state index in [1.54, 1.807) is 6.34 Å². The van der Waals surface area contributed by atoms with E-state index in [4.69, 9.17) is 4.74 Å². The van der Waals surface area contributed by atoms with Crippen molar-refractivity contribution in [2.45, 2.75) is 38.3 Å². The number of hydrogen-bond donors (Lipinski definition) is 1. The maximum absolute atomic E-state index is 5.66. The molecule has 0 radical (unpaired) electrons. The van der Waals surface area contributed by atoms with E-state index in [0.29, 0.717) is 6.61 Å². The molecule has 1 saturated carbocycles. The first-order valence-electron chi connectivity index (χ1n) is 10.00. The van der Waals surface area contributed by atoms with Crippen LogP contribution in [0, 0.1) is 0 Å². The predicted octanol–water partition coefficient (Wildman–Crippen LogP) is 2.61. The van der Waals surface area contributed by atoms with E-state index >= 15 is 0 Å². The van der Waals surface area contributed by atoms with Gasteiger partial charge in [0, 0.05) is 44.0 Å². The van der Waals surface area contributed by atoms with Gasteiger partial charge in [0.2, 0.25) is 0 Å². The number of aliphatic imine (C=N–C) groups is 2. The molecule has 0 bridgehead atoms. The van der Waals surface area contributed by atoms with Gasteiger partial charge in [0.25, 0.3) is 0 Å². The number of piperazine rings is 1. The molecule has 3 aliphatic rings. The van der Waals surface area contributed by atoms with Gasteiger partial charge in [-0.1, -0.05) is 0 Å². The summed E-state index contributed by atoms with van der Waals surface area (Å²) in [5, 5.41) is 8.75. The van der Waals surface area contributed by atoms with E-state index in [0.717, 1.165) is 66.8 Å². The minimum atomic E-state index is 0.0286. The van der Waals surface area contributed by atoms with Crippen molar-refractivity contribution in [3.63, 3.8) is 0 Å². The number of ether oxygens (including phenoxy) is 1. The molecular weight excluding hydrogens is 340 g/mol. The van der Waals surface area contributed by atoms with Crippen LogP contribution in [0.5, 0.6) is 5.75 Å². The molecule has 2 aromatic rings. The Hall–Kier alpha value is -2.41. The summed E-state index contributed by atoms with van der Waals surface area (Å²) in [5.74, 6) is 2.02. The van der Waals surface area contributed by atoms with E-state index in [1.165, 1.54) is 12.8 Å². The predicted molar refractivity (Wildman–Crippen MR) is 107 cm³/mol. The second-order valence-electron chi connectivity index (χ2n) is 7.53. The highest BCUT2D eigenvalue weighted by molar-refractivity contribution is 5.92. The minimum Gasteiger partial charge on any atom is -0.494 e. The zero-order valence-electron chi connectivity index (χ0n) is 15.8. The van der Waals surface area contributed by atoms with Crippen LogP contribution in [0.2, 0.25) is 0 Å². The average molecular weight is 366 g/mol. The van der Waals surface area contributed by atoms with Crippen molar-refractivity contribution >= 4 is 23.1 Å². The highest BCUT2D eigenvalue weighted by Gasteiger charge is 2.32. The van der Waals surface area contributed by atoms with Gasteiger partial charge in [0.05, 0.1) is 17.8 Å². The number of nitrogens with one attached hydrogen (secondary N) is 1. The Bertz CT molecular complexity index is 876. The van der Waals surface area contributed by atoms with Gasteiger partial charge in [-0.15, -0.1) is 0 Å². The van der Waals surface area contributed by atoms with E-state index in [9.17, 15) is 0 Å². The molecular formula is C20H26N6O. The molecule has 1 unspecified atom stereocenters. The highest BCUT2D eigenvalue weighted by Crippen LogP contribution is 2.32. The van der Waals surface area contributed by atoms with Gasteiger partial charge >= 0.3 is 0 Å². The van der Waals surface area contributed by atoms with E-state index in [1.807, 2.05) is 19.1 Å². The van der Waals surface area contributed by atoms with Gasteiger partial charge in [-0.3, -0.25) is 15.0 Å². The van der Waals surface area contributed by atoms with Gasteiger partial charge in [-0.2, -0.15) is 5.10 Å². The molecule has 5 rings (SSSR count). The molecule has 142 valence electrons. The molecule has 1 atom stereocenters. The third-order valence-corrected chi connectivity index (χ3v) is 5.77. The molecule has 2 aliphatic heterocycles. The van der Waals surface area contributed by atoms with Crippen LogP contribution in [0.3, 0.4) is 0 Å². The van der Waals surface area contributed by atoms with E-state index < -0.39 is 0 Å². The monoisotopic (exact) mass is 366 g/mol. The maximum atomic E-state index is 5.66. The van der Waals surface area contributed by atoms with Crippen LogP contribution in [0.1, 0.15) is 37.9 Å². The van der Waals surface area contributed by atoms with Gasteiger partial charge in [0.15, 0.2) is 0 Å². The lowest BCUT2D eigenvalue weighted by molar-refractivity contribution is 0.172. The van der Waals surface area contributed by atoms with Crippen LogP contribution < -0.4 is 4.74 Å². The Morgan fingerprint density at radius 2 is 2.04 bits per heavy atom. The number of fused-ring (bicyclic) bond motifs is 1. The molecule has 2 fully saturated rings. The lowest BCUT2D eigenvalue weighted by Gasteiger charge is -2.37. The lowest BCUT2D eigenvalue weighted by atomic mass is 10.0. The van der Waals surface area contributed by atoms with E-state index in [-0.39, 0.29) is 6.04 Å². The molecule has 7 nitrogen and oxygen atoms in total. The number of H-pyrrole nitrogens is 1. The maximum Gasteiger partial charge on any atom is 0.120 e. The fourth-order valence-electron chi connectivity index (χ4n) is 4.15. The molecule has 3 heterocycles. The number of benzene rings is 1. The Morgan fingerprint density at radius 1 is 1.19 bits per heavy atom. The van der Waals surface area contributed by atoms with Crippen molar-refractivity contribution in [3.05, 3.63) is 23.9 Å². The molecule has 1 aromatic heterocycles. The second-order valence-corrected chi connectivity index (χ2v) is 7.53. The van der Waals surface area contributed by atoms with Crippen LogP contribution in [0.15, 0.2) is 28.2 Å². The normalized spacial score (nSPS) is 23.7. The fraction of sp³-hybridized carbons (Fsp3) is 0.550. The van der Waals surface area contributed by atoms with Crippen molar-refractivity contribution in [2.24, 2.45) is 9.98 Å². The molecule has 7 heteroatoms. The van der Waals surface area contributed by atoms with Crippen molar-refractivity contribution in [1.82, 2.24) is 20.0 Å². The van der Waals surface area contributed by atoms with Gasteiger partial charge in [0.1, 0.15) is 24.0 Å². The Morgan fingerprint density at radius 3 is 2.81 bits per heavy atom. The third-order valence-electron chi connectivity index (χ3n) is 5.77. The molecule has 1 saturated heterocycles. The lowest BCUT2D eigenvalue weighted by Crippen LogP contribution is -2.49. The summed E-state index contributed by atoms with van der Waals surface area (Å²) >= 11 is 0. The van der Waals surface area contributed by atoms with Crippen LogP contribution >= 0.6 is 0 Å². The molecule has 1 N–H and O–H groups in total. The summed E-state index contributed by atoms with van der Waals surface area (Å²) in [7, 11) is 0. The van der Waals surface area contributed by atoms with Gasteiger partial charge < -0.3 is 9.64 Å². The first-order valence-corrected chi connectivity index (χ1v) is 10.00. The van der Waals surface area contributed by atoms with Crippen molar-refractivity contribution in [1.29, 1.82) is 0 Å². The van der Waals surface area contributed by atoms with Crippen molar-refractivity contribution < 1.29 is 4.74 Å². The summed E-state index contributed by atoms with van der Waals surface area (Å²) in [5.41, 5.74) is 2.00. The summed E-state index contributed by atoms with van der Waals surface area (Å²) < 4.78 is 5.66. The Kier molecular flexibility index (Phi) is 4.32. The molecule has 0 spiro atoms. The standard InChI is InChI=1S/C20H26N6O/c1-2-27-15-5-6-17-16(11-15)20(24-23-17)18-12-19(22-13-21-18)26-9-7-25(8-10-26)14-3-4-14/h5-6,11,13-14,18H,2-4,7-10,12H2,1H3,(H,23,24). The smallest absolute Gasteiger partial charge is 0.120 e. The molecule has 1 aliphatic carbocycles. The zero-order valence-corrected chi connectivity index (χ0v) is 15.8. The van der Waals surface area contributed by atoms with E-state index in [2.05, 4.69) is 36.0 Å². The number of aromatic nitrogens is 2. The summed E-state index contributed by atoms with van der Waals surface area (Å²) in [6, 6.07) is 6.91. The van der Waals surface area contributed by atoms with Gasteiger partial charge in [-0.05, 0) is 38.0 Å². The minimum absolute atomic E-state index is 0.0286. The first-order chi connectivity index (χ1) is 13.3. The Labute approximate surface area is 159 Å².